The van der Waals surface area contributed by atoms with E-state index < -0.39 is 0 Å². The molecule has 1 amide bonds. The highest BCUT2D eigenvalue weighted by Gasteiger charge is 2.27. The Morgan fingerprint density at radius 3 is 2.69 bits per heavy atom. The molecule has 0 aromatic carbocycles. The molecule has 4 rings (SSSR count). The topological polar surface area (TPSA) is 84.8 Å². The average Bonchev–Trinajstić information content (AvgIpc) is 3.24. The number of carbonyl (C=O) groups is 1. The number of aromatic nitrogens is 2. The Bertz CT molecular complexity index is 1100. The lowest BCUT2D eigenvalue weighted by atomic mass is 9.99. The van der Waals surface area contributed by atoms with Gasteiger partial charge in [-0.15, -0.1) is 11.3 Å². The van der Waals surface area contributed by atoms with E-state index in [9.17, 15) is 4.79 Å². The number of piperazine rings is 1. The van der Waals surface area contributed by atoms with Gasteiger partial charge in [0.25, 0.3) is 5.91 Å². The van der Waals surface area contributed by atoms with Crippen molar-refractivity contribution in [2.75, 3.05) is 19.6 Å². The van der Waals surface area contributed by atoms with Gasteiger partial charge < -0.3 is 9.88 Å². The maximum absolute atomic E-state index is 13.0. The third kappa shape index (κ3) is 3.66. The van der Waals surface area contributed by atoms with Crippen LogP contribution in [0.5, 0.6) is 0 Å². The van der Waals surface area contributed by atoms with Crippen LogP contribution in [0.2, 0.25) is 0 Å². The van der Waals surface area contributed by atoms with Crippen molar-refractivity contribution in [2.24, 2.45) is 0 Å². The summed E-state index contributed by atoms with van der Waals surface area (Å²) >= 11 is 1.55. The zero-order valence-electron chi connectivity index (χ0n) is 17.2. The molecule has 1 aliphatic heterocycles. The number of nitrogens with one attached hydrogen (secondary N) is 2. The Kier molecular flexibility index (Phi) is 5.15. The molecule has 0 aliphatic carbocycles. The summed E-state index contributed by atoms with van der Waals surface area (Å²) in [6.07, 6.45) is 0. The predicted molar refractivity (Wildman–Crippen MR) is 116 cm³/mol. The zero-order valence-corrected chi connectivity index (χ0v) is 18.0. The minimum atomic E-state index is -0.298. The van der Waals surface area contributed by atoms with Crippen molar-refractivity contribution in [3.63, 3.8) is 0 Å². The van der Waals surface area contributed by atoms with Gasteiger partial charge in [-0.1, -0.05) is 13.8 Å². The molecular formula is C22H25N5OS. The number of pyridine rings is 1. The van der Waals surface area contributed by atoms with Crippen LogP contribution in [0.3, 0.4) is 0 Å². The molecule has 1 fully saturated rings. The molecule has 150 valence electrons. The number of aryl methyl sites for hydroxylation is 2. The number of H-pyrrole nitrogens is 1. The molecular weight excluding hydrogens is 382 g/mol. The zero-order chi connectivity index (χ0) is 20.7. The molecule has 1 atom stereocenters. The molecule has 1 saturated heterocycles. The van der Waals surface area contributed by atoms with Crippen LogP contribution in [0.15, 0.2) is 18.2 Å². The lowest BCUT2D eigenvalue weighted by Crippen LogP contribution is -2.51. The largest absolute Gasteiger partial charge is 0.354 e. The third-order valence-electron chi connectivity index (χ3n) is 5.28. The molecule has 1 aliphatic rings. The predicted octanol–water partition coefficient (Wildman–Crippen LogP) is 3.97. The molecule has 7 heteroatoms. The number of thiophene rings is 1. The molecule has 4 heterocycles. The fourth-order valence-electron chi connectivity index (χ4n) is 4.04. The van der Waals surface area contributed by atoms with Crippen molar-refractivity contribution >= 4 is 27.5 Å². The van der Waals surface area contributed by atoms with Gasteiger partial charge in [0.1, 0.15) is 6.04 Å². The van der Waals surface area contributed by atoms with Gasteiger partial charge in [-0.05, 0) is 43.5 Å². The van der Waals surface area contributed by atoms with Crippen molar-refractivity contribution in [3.05, 3.63) is 40.0 Å². The summed E-state index contributed by atoms with van der Waals surface area (Å²) in [5.41, 5.74) is 6.47. The summed E-state index contributed by atoms with van der Waals surface area (Å²) in [5.74, 6) is 0.324. The number of hydrogen-bond acceptors (Lipinski definition) is 5. The summed E-state index contributed by atoms with van der Waals surface area (Å²) < 4.78 is 1.14. The lowest BCUT2D eigenvalue weighted by Gasteiger charge is -2.30. The van der Waals surface area contributed by atoms with Crippen molar-refractivity contribution in [1.29, 1.82) is 5.26 Å². The SMILES string of the molecule is Cc1cc(-c2[nH]c3cc(C(=O)N4CCNC(C#N)C4)sc3c2C(C)C)cc(C)n1. The third-order valence-corrected chi connectivity index (χ3v) is 6.44. The molecule has 3 aromatic heterocycles. The summed E-state index contributed by atoms with van der Waals surface area (Å²) in [7, 11) is 0. The van der Waals surface area contributed by atoms with Gasteiger partial charge in [0, 0.05) is 36.6 Å². The van der Waals surface area contributed by atoms with E-state index in [1.54, 1.807) is 16.2 Å². The number of hydrogen-bond donors (Lipinski definition) is 2. The number of fused-ring (bicyclic) bond motifs is 1. The molecule has 3 aromatic rings. The number of rotatable bonds is 3. The Morgan fingerprint density at radius 2 is 2.03 bits per heavy atom. The fourth-order valence-corrected chi connectivity index (χ4v) is 5.32. The standard InChI is InChI=1S/C22H25N5OS/c1-12(2)19-20(15-7-13(3)25-14(4)8-15)26-17-9-18(29-21(17)19)22(28)27-6-5-24-16(10-23)11-27/h7-9,12,16,24,26H,5-6,11H2,1-4H3. The highest BCUT2D eigenvalue weighted by atomic mass is 32.1. The Hall–Kier alpha value is -2.69. The molecule has 0 bridgehead atoms. The van der Waals surface area contributed by atoms with Crippen LogP contribution in [0.4, 0.5) is 0 Å². The number of aromatic amines is 1. The van der Waals surface area contributed by atoms with Crippen LogP contribution >= 0.6 is 11.3 Å². The van der Waals surface area contributed by atoms with Crippen LogP contribution in [-0.2, 0) is 0 Å². The number of nitrogens with zero attached hydrogens (tertiary/aromatic N) is 3. The molecule has 29 heavy (non-hydrogen) atoms. The first-order valence-corrected chi connectivity index (χ1v) is 10.7. The fraction of sp³-hybridized carbons (Fsp3) is 0.409. The summed E-state index contributed by atoms with van der Waals surface area (Å²) in [5, 5.41) is 12.3. The number of carbonyl (C=O) groups excluding carboxylic acids is 1. The van der Waals surface area contributed by atoms with E-state index in [-0.39, 0.29) is 11.9 Å². The van der Waals surface area contributed by atoms with E-state index in [1.165, 1.54) is 5.56 Å². The first kappa shape index (κ1) is 19.6. The van der Waals surface area contributed by atoms with Crippen molar-refractivity contribution in [1.82, 2.24) is 20.2 Å². The minimum absolute atomic E-state index is 0.00760. The Labute approximate surface area is 174 Å². The van der Waals surface area contributed by atoms with Crippen molar-refractivity contribution in [3.8, 4) is 17.3 Å². The molecule has 0 spiro atoms. The number of nitriles is 1. The Morgan fingerprint density at radius 1 is 1.31 bits per heavy atom. The van der Waals surface area contributed by atoms with Crippen LogP contribution in [0, 0.1) is 25.2 Å². The maximum atomic E-state index is 13.0. The quantitative estimate of drug-likeness (QED) is 0.688. The van der Waals surface area contributed by atoms with E-state index in [4.69, 9.17) is 5.26 Å². The Balaban J connectivity index is 1.74. The van der Waals surface area contributed by atoms with Gasteiger partial charge in [0.2, 0.25) is 0 Å². The maximum Gasteiger partial charge on any atom is 0.264 e. The van der Waals surface area contributed by atoms with Gasteiger partial charge in [-0.25, -0.2) is 0 Å². The summed E-state index contributed by atoms with van der Waals surface area (Å²) in [4.78, 5) is 23.6. The second-order valence-corrected chi connectivity index (χ2v) is 9.00. The van der Waals surface area contributed by atoms with Crippen LogP contribution in [0.25, 0.3) is 21.5 Å². The van der Waals surface area contributed by atoms with E-state index in [2.05, 4.69) is 47.3 Å². The van der Waals surface area contributed by atoms with E-state index in [1.807, 2.05) is 19.9 Å². The lowest BCUT2D eigenvalue weighted by molar-refractivity contribution is 0.0724. The normalized spacial score (nSPS) is 17.1. The van der Waals surface area contributed by atoms with E-state index in [0.29, 0.717) is 25.6 Å². The molecule has 2 N–H and O–H groups in total. The van der Waals surface area contributed by atoms with Crippen molar-refractivity contribution < 1.29 is 4.79 Å². The highest BCUT2D eigenvalue weighted by molar-refractivity contribution is 7.21. The van der Waals surface area contributed by atoms with Gasteiger partial charge in [-0.3, -0.25) is 15.1 Å². The van der Waals surface area contributed by atoms with Gasteiger partial charge in [0.15, 0.2) is 0 Å². The average molecular weight is 408 g/mol. The van der Waals surface area contributed by atoms with Crippen LogP contribution < -0.4 is 5.32 Å². The summed E-state index contributed by atoms with van der Waals surface area (Å²) in [6.45, 7) is 10.1. The second kappa shape index (κ2) is 7.62. The van der Waals surface area contributed by atoms with Gasteiger partial charge >= 0.3 is 0 Å². The van der Waals surface area contributed by atoms with Gasteiger partial charge in [0.05, 0.1) is 26.9 Å². The smallest absolute Gasteiger partial charge is 0.264 e. The second-order valence-electron chi connectivity index (χ2n) is 7.95. The van der Waals surface area contributed by atoms with E-state index in [0.717, 1.165) is 37.7 Å². The van der Waals surface area contributed by atoms with E-state index >= 15 is 0 Å². The first-order valence-electron chi connectivity index (χ1n) is 9.90. The van der Waals surface area contributed by atoms with Crippen LogP contribution in [0.1, 0.15) is 46.4 Å². The van der Waals surface area contributed by atoms with Crippen LogP contribution in [-0.4, -0.2) is 46.5 Å². The minimum Gasteiger partial charge on any atom is -0.354 e. The molecule has 0 saturated carbocycles. The highest BCUT2D eigenvalue weighted by Crippen LogP contribution is 2.40. The molecule has 0 radical (unpaired) electrons. The number of amides is 1. The monoisotopic (exact) mass is 407 g/mol. The molecule has 6 nitrogen and oxygen atoms in total. The molecule has 1 unspecified atom stereocenters. The summed E-state index contributed by atoms with van der Waals surface area (Å²) in [6, 6.07) is 8.07. The van der Waals surface area contributed by atoms with Crippen molar-refractivity contribution in [2.45, 2.75) is 39.7 Å². The first-order chi connectivity index (χ1) is 13.9. The van der Waals surface area contributed by atoms with Gasteiger partial charge in [-0.2, -0.15) is 5.26 Å².